The zero-order valence-corrected chi connectivity index (χ0v) is 15.3. The minimum atomic E-state index is -4.49. The molecule has 0 radical (unpaired) electrons. The maximum absolute atomic E-state index is 12.7. The van der Waals surface area contributed by atoms with Crippen molar-refractivity contribution < 1.29 is 27.5 Å². The lowest BCUT2D eigenvalue weighted by molar-refractivity contribution is -0.152. The van der Waals surface area contributed by atoms with Crippen LogP contribution in [0.15, 0.2) is 24.3 Å². The molecule has 0 saturated heterocycles. The molecule has 1 aromatic heterocycles. The number of anilines is 1. The first-order valence-electron chi connectivity index (χ1n) is 8.15. The number of nitrogens with one attached hydrogen (secondary N) is 1. The third kappa shape index (κ3) is 5.08. The van der Waals surface area contributed by atoms with E-state index < -0.39 is 29.7 Å². The number of aromatic nitrogens is 2. The zero-order chi connectivity index (χ0) is 20.4. The molecule has 0 aliphatic heterocycles. The van der Waals surface area contributed by atoms with E-state index in [0.717, 1.165) is 17.8 Å². The Morgan fingerprint density at radius 3 is 2.52 bits per heavy atom. The molecule has 0 unspecified atom stereocenters. The summed E-state index contributed by atoms with van der Waals surface area (Å²) in [5.74, 6) is -1.34. The second-order valence-corrected chi connectivity index (χ2v) is 6.17. The number of aryl methyl sites for hydroxylation is 2. The number of esters is 1. The van der Waals surface area contributed by atoms with E-state index in [1.54, 1.807) is 25.6 Å². The number of alkyl halides is 3. The molecule has 1 aromatic carbocycles. The number of amides is 1. The van der Waals surface area contributed by atoms with Crippen LogP contribution in [-0.2, 0) is 34.0 Å². The normalized spacial score (nSPS) is 12.6. The number of ether oxygens (including phenoxy) is 1. The fraction of sp³-hybridized carbons (Fsp3) is 0.389. The highest BCUT2D eigenvalue weighted by atomic mass is 19.4. The van der Waals surface area contributed by atoms with Crippen LogP contribution in [0.1, 0.15) is 29.4 Å². The van der Waals surface area contributed by atoms with Gasteiger partial charge in [-0.05, 0) is 32.4 Å². The maximum Gasteiger partial charge on any atom is 0.416 e. The summed E-state index contributed by atoms with van der Waals surface area (Å²) in [5.41, 5.74) is 1.19. The van der Waals surface area contributed by atoms with E-state index in [0.29, 0.717) is 11.4 Å². The lowest BCUT2D eigenvalue weighted by atomic mass is 10.1. The number of nitrogens with zero attached hydrogens (tertiary/aromatic N) is 2. The van der Waals surface area contributed by atoms with Crippen molar-refractivity contribution in [1.29, 1.82) is 0 Å². The first-order chi connectivity index (χ1) is 12.5. The van der Waals surface area contributed by atoms with Crippen molar-refractivity contribution in [2.45, 2.75) is 39.5 Å². The van der Waals surface area contributed by atoms with Crippen molar-refractivity contribution in [2.24, 2.45) is 7.05 Å². The number of hydrogen-bond donors (Lipinski definition) is 1. The molecule has 1 N–H and O–H groups in total. The van der Waals surface area contributed by atoms with Crippen molar-refractivity contribution in [2.75, 3.05) is 5.32 Å². The number of carbonyl (C=O) groups excluding carboxylic acids is 2. The van der Waals surface area contributed by atoms with Gasteiger partial charge in [-0.15, -0.1) is 0 Å². The SMILES string of the molecule is Cc1nn(C)c(C)c1NC(=O)[C@H](C)OC(=O)Cc1cccc(C(F)(F)F)c1. The number of rotatable bonds is 5. The largest absolute Gasteiger partial charge is 0.452 e. The van der Waals surface area contributed by atoms with Crippen LogP contribution in [0.5, 0.6) is 0 Å². The van der Waals surface area contributed by atoms with E-state index in [2.05, 4.69) is 10.4 Å². The fourth-order valence-corrected chi connectivity index (χ4v) is 2.50. The van der Waals surface area contributed by atoms with Gasteiger partial charge in [0.15, 0.2) is 6.10 Å². The average Bonchev–Trinajstić information content (AvgIpc) is 2.80. The van der Waals surface area contributed by atoms with Crippen molar-refractivity contribution >= 4 is 17.6 Å². The van der Waals surface area contributed by atoms with Crippen molar-refractivity contribution in [1.82, 2.24) is 9.78 Å². The second-order valence-electron chi connectivity index (χ2n) is 6.17. The van der Waals surface area contributed by atoms with Crippen molar-refractivity contribution in [3.63, 3.8) is 0 Å². The van der Waals surface area contributed by atoms with E-state index in [-0.39, 0.29) is 12.0 Å². The van der Waals surface area contributed by atoms with Gasteiger partial charge in [0.05, 0.1) is 29.1 Å². The molecule has 1 atom stereocenters. The molecule has 0 spiro atoms. The molecule has 146 valence electrons. The van der Waals surface area contributed by atoms with Gasteiger partial charge in [-0.3, -0.25) is 14.3 Å². The predicted octanol–water partition coefficient (Wildman–Crippen LogP) is 3.17. The molecule has 2 aromatic rings. The Kier molecular flexibility index (Phi) is 5.92. The van der Waals surface area contributed by atoms with Gasteiger partial charge in [0.25, 0.3) is 5.91 Å². The van der Waals surface area contributed by atoms with Crippen LogP contribution >= 0.6 is 0 Å². The van der Waals surface area contributed by atoms with Gasteiger partial charge < -0.3 is 10.1 Å². The fourth-order valence-electron chi connectivity index (χ4n) is 2.50. The van der Waals surface area contributed by atoms with Gasteiger partial charge >= 0.3 is 12.1 Å². The molecule has 0 saturated carbocycles. The summed E-state index contributed by atoms with van der Waals surface area (Å²) >= 11 is 0. The molecular weight excluding hydrogens is 363 g/mol. The predicted molar refractivity (Wildman–Crippen MR) is 92.0 cm³/mol. The molecule has 27 heavy (non-hydrogen) atoms. The van der Waals surface area contributed by atoms with E-state index in [1.165, 1.54) is 19.1 Å². The first kappa shape index (κ1) is 20.5. The number of halogens is 3. The highest BCUT2D eigenvalue weighted by molar-refractivity contribution is 5.96. The van der Waals surface area contributed by atoms with Crippen LogP contribution in [0.25, 0.3) is 0 Å². The molecular formula is C18H20F3N3O3. The standard InChI is InChI=1S/C18H20F3N3O3/c1-10-16(11(2)24(4)23-10)22-17(26)12(3)27-15(25)9-13-6-5-7-14(8-13)18(19,20)21/h5-8,12H,9H2,1-4H3,(H,22,26)/t12-/m0/s1. The molecule has 9 heteroatoms. The summed E-state index contributed by atoms with van der Waals surface area (Å²) in [7, 11) is 1.73. The molecule has 0 fully saturated rings. The Labute approximate surface area is 154 Å². The van der Waals surface area contributed by atoms with Crippen LogP contribution in [0.4, 0.5) is 18.9 Å². The van der Waals surface area contributed by atoms with E-state index in [9.17, 15) is 22.8 Å². The smallest absolute Gasteiger partial charge is 0.416 e. The Bertz CT molecular complexity index is 859. The molecule has 6 nitrogen and oxygen atoms in total. The van der Waals surface area contributed by atoms with Gasteiger partial charge in [0.1, 0.15) is 0 Å². The van der Waals surface area contributed by atoms with Crippen molar-refractivity contribution in [3.05, 3.63) is 46.8 Å². The third-order valence-corrected chi connectivity index (χ3v) is 4.04. The molecule has 0 bridgehead atoms. The maximum atomic E-state index is 12.7. The Hall–Kier alpha value is -2.84. The van der Waals surface area contributed by atoms with E-state index in [1.807, 2.05) is 0 Å². The summed E-state index contributed by atoms with van der Waals surface area (Å²) < 4.78 is 44.8. The van der Waals surface area contributed by atoms with Crippen LogP contribution in [0, 0.1) is 13.8 Å². The summed E-state index contributed by atoms with van der Waals surface area (Å²) in [4.78, 5) is 24.2. The monoisotopic (exact) mass is 383 g/mol. The second kappa shape index (κ2) is 7.81. The molecule has 1 heterocycles. The average molecular weight is 383 g/mol. The Morgan fingerprint density at radius 2 is 1.96 bits per heavy atom. The Balaban J connectivity index is 1.98. The number of carbonyl (C=O) groups is 2. The van der Waals surface area contributed by atoms with Gasteiger partial charge in [-0.1, -0.05) is 18.2 Å². The summed E-state index contributed by atoms with van der Waals surface area (Å²) in [6, 6.07) is 4.41. The minimum absolute atomic E-state index is 0.154. The third-order valence-electron chi connectivity index (χ3n) is 4.04. The summed E-state index contributed by atoms with van der Waals surface area (Å²) in [5, 5.41) is 6.82. The van der Waals surface area contributed by atoms with Crippen LogP contribution in [0.3, 0.4) is 0 Å². The van der Waals surface area contributed by atoms with Crippen LogP contribution < -0.4 is 5.32 Å². The molecule has 1 amide bonds. The van der Waals surface area contributed by atoms with Crippen LogP contribution in [0.2, 0.25) is 0 Å². The number of benzene rings is 1. The van der Waals surface area contributed by atoms with E-state index >= 15 is 0 Å². The highest BCUT2D eigenvalue weighted by Gasteiger charge is 2.30. The molecule has 0 aliphatic carbocycles. The quantitative estimate of drug-likeness (QED) is 0.805. The first-order valence-corrected chi connectivity index (χ1v) is 8.15. The van der Waals surface area contributed by atoms with Gasteiger partial charge in [-0.2, -0.15) is 18.3 Å². The topological polar surface area (TPSA) is 73.2 Å². The summed E-state index contributed by atoms with van der Waals surface area (Å²) in [6.45, 7) is 4.90. The summed E-state index contributed by atoms with van der Waals surface area (Å²) in [6.07, 6.45) is -5.97. The minimum Gasteiger partial charge on any atom is -0.452 e. The lowest BCUT2D eigenvalue weighted by Gasteiger charge is -2.14. The zero-order valence-electron chi connectivity index (χ0n) is 15.3. The van der Waals surface area contributed by atoms with Gasteiger partial charge in [0, 0.05) is 7.05 Å². The Morgan fingerprint density at radius 1 is 1.30 bits per heavy atom. The lowest BCUT2D eigenvalue weighted by Crippen LogP contribution is -2.30. The molecule has 0 aliphatic rings. The highest BCUT2D eigenvalue weighted by Crippen LogP contribution is 2.29. The van der Waals surface area contributed by atoms with Crippen LogP contribution in [-0.4, -0.2) is 27.8 Å². The van der Waals surface area contributed by atoms with E-state index in [4.69, 9.17) is 4.74 Å². The van der Waals surface area contributed by atoms with Gasteiger partial charge in [0.2, 0.25) is 0 Å². The van der Waals surface area contributed by atoms with Gasteiger partial charge in [-0.25, -0.2) is 0 Å². The molecule has 2 rings (SSSR count). The van der Waals surface area contributed by atoms with Crippen molar-refractivity contribution in [3.8, 4) is 0 Å². The number of hydrogen-bond acceptors (Lipinski definition) is 4.